The molecule has 0 fully saturated rings. The number of unbranched alkanes of at least 4 members (excludes halogenated alkanes) is 4. The van der Waals surface area contributed by atoms with E-state index in [-0.39, 0.29) is 0 Å². The molecule has 0 aromatic rings. The van der Waals surface area contributed by atoms with Crippen molar-refractivity contribution in [2.24, 2.45) is 29.6 Å². The van der Waals surface area contributed by atoms with E-state index in [0.29, 0.717) is 0 Å². The first-order valence-electron chi connectivity index (χ1n) is 16.1. The van der Waals surface area contributed by atoms with Crippen molar-refractivity contribution in [1.29, 1.82) is 0 Å². The lowest BCUT2D eigenvalue weighted by molar-refractivity contribution is 0.375. The lowest BCUT2D eigenvalue weighted by Gasteiger charge is -2.16. The fourth-order valence-corrected chi connectivity index (χ4v) is 5.54. The molecule has 0 amide bonds. The number of rotatable bonds is 26. The van der Waals surface area contributed by atoms with Gasteiger partial charge in [0.25, 0.3) is 0 Å². The van der Waals surface area contributed by atoms with Gasteiger partial charge < -0.3 is 5.32 Å². The van der Waals surface area contributed by atoms with Gasteiger partial charge >= 0.3 is 0 Å². The first kappa shape index (κ1) is 34.0. The maximum atomic E-state index is 3.67. The highest BCUT2D eigenvalue weighted by Crippen LogP contribution is 2.23. The Morgan fingerprint density at radius 1 is 0.382 bits per heavy atom. The molecule has 1 nitrogen and oxygen atoms in total. The molecule has 0 saturated carbocycles. The van der Waals surface area contributed by atoms with E-state index in [1.54, 1.807) is 0 Å². The maximum Gasteiger partial charge on any atom is -0.00488 e. The topological polar surface area (TPSA) is 12.0 Å². The molecule has 0 aromatic heterocycles. The van der Waals surface area contributed by atoms with Gasteiger partial charge in [-0.15, -0.1) is 0 Å². The van der Waals surface area contributed by atoms with Crippen LogP contribution < -0.4 is 5.32 Å². The van der Waals surface area contributed by atoms with Gasteiger partial charge in [0.2, 0.25) is 0 Å². The molecule has 4 unspecified atom stereocenters. The van der Waals surface area contributed by atoms with Crippen LogP contribution in [-0.4, -0.2) is 13.1 Å². The second-order valence-corrected chi connectivity index (χ2v) is 12.8. The molecule has 0 aliphatic carbocycles. The summed E-state index contributed by atoms with van der Waals surface area (Å²) in [5.41, 5.74) is 0. The van der Waals surface area contributed by atoms with Gasteiger partial charge in [-0.2, -0.15) is 0 Å². The predicted octanol–water partition coefficient (Wildman–Crippen LogP) is 11.2. The Labute approximate surface area is 218 Å². The minimum Gasteiger partial charge on any atom is -0.317 e. The SMILES string of the molecule is CCCC(C)CCCC(C)CCCCC(C)CCCC(C)CCCNCCCCCCC(C)C. The van der Waals surface area contributed by atoms with E-state index in [9.17, 15) is 0 Å². The minimum absolute atomic E-state index is 0.876. The van der Waals surface area contributed by atoms with Crippen LogP contribution in [0, 0.1) is 29.6 Å². The Morgan fingerprint density at radius 3 is 1.26 bits per heavy atom. The quantitative estimate of drug-likeness (QED) is 0.122. The molecule has 0 aliphatic rings. The molecule has 4 atom stereocenters. The lowest BCUT2D eigenvalue weighted by atomic mass is 9.91. The largest absolute Gasteiger partial charge is 0.317 e. The van der Waals surface area contributed by atoms with Crippen molar-refractivity contribution in [3.63, 3.8) is 0 Å². The molecule has 0 heterocycles. The van der Waals surface area contributed by atoms with Gasteiger partial charge in [-0.25, -0.2) is 0 Å². The summed E-state index contributed by atoms with van der Waals surface area (Å²) in [6.45, 7) is 19.3. The molecule has 206 valence electrons. The summed E-state index contributed by atoms with van der Waals surface area (Å²) in [5.74, 6) is 4.59. The summed E-state index contributed by atoms with van der Waals surface area (Å²) in [6, 6.07) is 0. The first-order chi connectivity index (χ1) is 16.3. The van der Waals surface area contributed by atoms with Crippen molar-refractivity contribution in [3.05, 3.63) is 0 Å². The Balaban J connectivity index is 3.44. The fourth-order valence-electron chi connectivity index (χ4n) is 5.54. The minimum atomic E-state index is 0.876. The van der Waals surface area contributed by atoms with E-state index in [1.807, 2.05) is 0 Å². The van der Waals surface area contributed by atoms with E-state index in [2.05, 4.69) is 53.8 Å². The molecular formula is C33H69N. The van der Waals surface area contributed by atoms with Crippen LogP contribution in [0.3, 0.4) is 0 Å². The van der Waals surface area contributed by atoms with Crippen LogP contribution in [0.5, 0.6) is 0 Å². The molecule has 1 heteroatoms. The van der Waals surface area contributed by atoms with Gasteiger partial charge in [-0.1, -0.05) is 151 Å². The zero-order valence-electron chi connectivity index (χ0n) is 25.2. The van der Waals surface area contributed by atoms with Gasteiger partial charge in [0.1, 0.15) is 0 Å². The van der Waals surface area contributed by atoms with Crippen LogP contribution in [-0.2, 0) is 0 Å². The average Bonchev–Trinajstić information content (AvgIpc) is 2.78. The summed E-state index contributed by atoms with van der Waals surface area (Å²) < 4.78 is 0. The third-order valence-corrected chi connectivity index (χ3v) is 8.15. The summed E-state index contributed by atoms with van der Waals surface area (Å²) in [6.07, 6.45) is 27.1. The van der Waals surface area contributed by atoms with Gasteiger partial charge in [0, 0.05) is 0 Å². The van der Waals surface area contributed by atoms with Gasteiger partial charge in [-0.3, -0.25) is 0 Å². The zero-order valence-corrected chi connectivity index (χ0v) is 25.2. The van der Waals surface area contributed by atoms with E-state index in [1.165, 1.54) is 135 Å². The molecule has 0 rings (SSSR count). The predicted molar refractivity (Wildman–Crippen MR) is 158 cm³/mol. The monoisotopic (exact) mass is 480 g/mol. The third-order valence-electron chi connectivity index (χ3n) is 8.15. The molecule has 0 spiro atoms. The van der Waals surface area contributed by atoms with Crippen molar-refractivity contribution in [1.82, 2.24) is 5.32 Å². The highest BCUT2D eigenvalue weighted by molar-refractivity contribution is 4.62. The summed E-state index contributed by atoms with van der Waals surface area (Å²) >= 11 is 0. The van der Waals surface area contributed by atoms with E-state index in [4.69, 9.17) is 0 Å². The Bertz CT molecular complexity index is 390. The molecule has 0 bridgehead atoms. The normalized spacial score (nSPS) is 15.5. The Kier molecular flexibility index (Phi) is 24.6. The van der Waals surface area contributed by atoms with Crippen LogP contribution in [0.25, 0.3) is 0 Å². The number of nitrogens with one attached hydrogen (secondary N) is 1. The molecule has 0 aromatic carbocycles. The van der Waals surface area contributed by atoms with Gasteiger partial charge in [0.15, 0.2) is 0 Å². The number of hydrogen-bond donors (Lipinski definition) is 1. The van der Waals surface area contributed by atoms with E-state index >= 15 is 0 Å². The summed E-state index contributed by atoms with van der Waals surface area (Å²) in [4.78, 5) is 0. The summed E-state index contributed by atoms with van der Waals surface area (Å²) in [5, 5.41) is 3.67. The summed E-state index contributed by atoms with van der Waals surface area (Å²) in [7, 11) is 0. The molecule has 0 saturated heterocycles. The van der Waals surface area contributed by atoms with Crippen molar-refractivity contribution < 1.29 is 0 Å². The van der Waals surface area contributed by atoms with Crippen LogP contribution in [0.15, 0.2) is 0 Å². The molecule has 0 radical (unpaired) electrons. The van der Waals surface area contributed by atoms with Crippen LogP contribution in [0.4, 0.5) is 0 Å². The zero-order chi connectivity index (χ0) is 25.4. The Hall–Kier alpha value is -0.0400. The first-order valence-corrected chi connectivity index (χ1v) is 16.1. The van der Waals surface area contributed by atoms with Crippen molar-refractivity contribution in [2.45, 2.75) is 170 Å². The number of hydrogen-bond acceptors (Lipinski definition) is 1. The highest BCUT2D eigenvalue weighted by atomic mass is 14.8. The fraction of sp³-hybridized carbons (Fsp3) is 1.00. The van der Waals surface area contributed by atoms with Crippen molar-refractivity contribution >= 4 is 0 Å². The van der Waals surface area contributed by atoms with E-state index < -0.39 is 0 Å². The van der Waals surface area contributed by atoms with Gasteiger partial charge in [0.05, 0.1) is 0 Å². The van der Waals surface area contributed by atoms with Crippen LogP contribution in [0.2, 0.25) is 0 Å². The molecule has 0 aliphatic heterocycles. The second-order valence-electron chi connectivity index (χ2n) is 12.8. The lowest BCUT2D eigenvalue weighted by Crippen LogP contribution is -2.17. The molecule has 1 N–H and O–H groups in total. The second kappa shape index (κ2) is 24.6. The Morgan fingerprint density at radius 2 is 0.765 bits per heavy atom. The van der Waals surface area contributed by atoms with Gasteiger partial charge in [-0.05, 0) is 61.9 Å². The van der Waals surface area contributed by atoms with Crippen molar-refractivity contribution in [2.75, 3.05) is 13.1 Å². The third kappa shape index (κ3) is 25.1. The molecule has 34 heavy (non-hydrogen) atoms. The maximum absolute atomic E-state index is 3.67. The standard InChI is InChI=1S/C33H69N/c1-8-18-30(4)22-15-23-31(5)20-12-13-21-32(6)24-16-25-33(7)26-17-28-34-27-14-10-9-11-19-29(2)3/h29-34H,8-28H2,1-7H3. The highest BCUT2D eigenvalue weighted by Gasteiger charge is 2.08. The molecular weight excluding hydrogens is 410 g/mol. The van der Waals surface area contributed by atoms with Crippen molar-refractivity contribution in [3.8, 4) is 0 Å². The van der Waals surface area contributed by atoms with Crippen LogP contribution in [0.1, 0.15) is 170 Å². The smallest absolute Gasteiger partial charge is 0.00488 e. The van der Waals surface area contributed by atoms with Crippen LogP contribution >= 0.6 is 0 Å². The average molecular weight is 480 g/mol. The van der Waals surface area contributed by atoms with E-state index in [0.717, 1.165) is 29.6 Å².